The fraction of sp³-hybridized carbons (Fsp3) is 0.286. The van der Waals surface area contributed by atoms with Gasteiger partial charge in [0.25, 0.3) is 0 Å². The highest BCUT2D eigenvalue weighted by Crippen LogP contribution is 2.29. The van der Waals surface area contributed by atoms with E-state index in [4.69, 9.17) is 9.47 Å². The van der Waals surface area contributed by atoms with Gasteiger partial charge in [0.05, 0.1) is 19.1 Å². The first kappa shape index (κ1) is 19.2. The highest BCUT2D eigenvalue weighted by Gasteiger charge is 2.07. The Bertz CT molecular complexity index is 875. The number of anilines is 1. The number of nitrogens with zero attached hydrogens (tertiary/aromatic N) is 2. The van der Waals surface area contributed by atoms with Gasteiger partial charge in [-0.25, -0.2) is 4.98 Å². The first-order chi connectivity index (χ1) is 13.1. The number of benzene rings is 2. The van der Waals surface area contributed by atoms with Crippen molar-refractivity contribution in [3.63, 3.8) is 0 Å². The quantitative estimate of drug-likeness (QED) is 0.632. The average molecular weight is 384 g/mol. The summed E-state index contributed by atoms with van der Waals surface area (Å²) in [5.41, 5.74) is 3.54. The molecule has 0 fully saturated rings. The van der Waals surface area contributed by atoms with Crippen molar-refractivity contribution in [3.8, 4) is 21.9 Å². The number of aromatic nitrogens is 1. The van der Waals surface area contributed by atoms with Gasteiger partial charge in [0.15, 0.2) is 11.5 Å². The Morgan fingerprint density at radius 3 is 2.37 bits per heavy atom. The minimum atomic E-state index is 0.731. The van der Waals surface area contributed by atoms with Crippen LogP contribution in [0.15, 0.2) is 48.7 Å². The molecule has 0 saturated carbocycles. The topological polar surface area (TPSA) is 46.6 Å². The van der Waals surface area contributed by atoms with Crippen molar-refractivity contribution in [1.82, 2.24) is 10.3 Å². The lowest BCUT2D eigenvalue weighted by atomic mass is 10.2. The number of ether oxygens (including phenoxy) is 2. The summed E-state index contributed by atoms with van der Waals surface area (Å²) >= 11 is 1.72. The molecule has 0 atom stereocenters. The van der Waals surface area contributed by atoms with E-state index >= 15 is 0 Å². The van der Waals surface area contributed by atoms with Crippen molar-refractivity contribution < 1.29 is 9.47 Å². The van der Waals surface area contributed by atoms with Crippen molar-refractivity contribution in [1.29, 1.82) is 0 Å². The maximum Gasteiger partial charge on any atom is 0.161 e. The molecule has 0 aliphatic carbocycles. The van der Waals surface area contributed by atoms with Crippen LogP contribution in [0.1, 0.15) is 10.6 Å². The lowest BCUT2D eigenvalue weighted by molar-refractivity contribution is 0.354. The zero-order chi connectivity index (χ0) is 19.2. The van der Waals surface area contributed by atoms with Crippen LogP contribution in [-0.4, -0.2) is 33.3 Å². The molecule has 142 valence electrons. The molecule has 0 radical (unpaired) electrons. The maximum absolute atomic E-state index is 5.35. The molecule has 1 heterocycles. The van der Waals surface area contributed by atoms with Gasteiger partial charge in [0.1, 0.15) is 5.01 Å². The number of hydrogen-bond donors (Lipinski definition) is 1. The number of nitrogens with one attached hydrogen (secondary N) is 1. The Morgan fingerprint density at radius 2 is 1.70 bits per heavy atom. The maximum atomic E-state index is 5.35. The number of thiazole rings is 1. The molecule has 0 spiro atoms. The Labute approximate surface area is 164 Å². The van der Waals surface area contributed by atoms with E-state index in [2.05, 4.69) is 39.5 Å². The van der Waals surface area contributed by atoms with Gasteiger partial charge in [0, 0.05) is 39.1 Å². The van der Waals surface area contributed by atoms with Gasteiger partial charge in [-0.1, -0.05) is 18.2 Å². The summed E-state index contributed by atoms with van der Waals surface area (Å²) in [6.45, 7) is 1.47. The monoisotopic (exact) mass is 383 g/mol. The molecule has 3 rings (SSSR count). The van der Waals surface area contributed by atoms with Gasteiger partial charge >= 0.3 is 0 Å². The second-order valence-electron chi connectivity index (χ2n) is 6.35. The van der Waals surface area contributed by atoms with Gasteiger partial charge in [-0.15, -0.1) is 11.3 Å². The zero-order valence-electron chi connectivity index (χ0n) is 16.2. The van der Waals surface area contributed by atoms with Crippen LogP contribution in [0.4, 0.5) is 5.69 Å². The van der Waals surface area contributed by atoms with E-state index in [-0.39, 0.29) is 0 Å². The number of hydrogen-bond acceptors (Lipinski definition) is 6. The third-order valence-corrected chi connectivity index (χ3v) is 5.32. The highest BCUT2D eigenvalue weighted by atomic mass is 32.1. The van der Waals surface area contributed by atoms with E-state index in [1.54, 1.807) is 25.6 Å². The van der Waals surface area contributed by atoms with Crippen LogP contribution < -0.4 is 19.7 Å². The van der Waals surface area contributed by atoms with Gasteiger partial charge < -0.3 is 19.7 Å². The predicted octanol–water partition coefficient (Wildman–Crippen LogP) is 4.18. The molecule has 0 aliphatic heterocycles. The van der Waals surface area contributed by atoms with E-state index < -0.39 is 0 Å². The molecule has 5 nitrogen and oxygen atoms in total. The molecule has 1 N–H and O–H groups in total. The van der Waals surface area contributed by atoms with Crippen LogP contribution in [0.25, 0.3) is 10.4 Å². The summed E-state index contributed by atoms with van der Waals surface area (Å²) < 4.78 is 10.6. The highest BCUT2D eigenvalue weighted by molar-refractivity contribution is 7.15. The summed E-state index contributed by atoms with van der Waals surface area (Å²) in [6.07, 6.45) is 1.95. The summed E-state index contributed by atoms with van der Waals surface area (Å²) in [5, 5.41) is 4.51. The molecule has 27 heavy (non-hydrogen) atoms. The normalized spacial score (nSPS) is 10.7. The van der Waals surface area contributed by atoms with Crippen molar-refractivity contribution in [2.75, 3.05) is 33.2 Å². The molecule has 0 saturated heterocycles. The van der Waals surface area contributed by atoms with Crippen LogP contribution >= 0.6 is 11.3 Å². The summed E-state index contributed by atoms with van der Waals surface area (Å²) in [7, 11) is 7.38. The Morgan fingerprint density at radius 1 is 0.963 bits per heavy atom. The molecule has 3 aromatic rings. The SMILES string of the molecule is COc1ccc(CNCc2ncc(-c3ccc(N(C)C)cc3)s2)cc1OC. The standard InChI is InChI=1S/C21H25N3O2S/c1-24(2)17-8-6-16(7-9-17)20-13-23-21(27-20)14-22-12-15-5-10-18(25-3)19(11-15)26-4/h5-11,13,22H,12,14H2,1-4H3. The zero-order valence-corrected chi connectivity index (χ0v) is 17.0. The number of rotatable bonds is 8. The van der Waals surface area contributed by atoms with E-state index in [0.717, 1.165) is 35.2 Å². The largest absolute Gasteiger partial charge is 0.493 e. The summed E-state index contributed by atoms with van der Waals surface area (Å²) in [5.74, 6) is 1.49. The van der Waals surface area contributed by atoms with E-state index in [0.29, 0.717) is 0 Å². The second-order valence-corrected chi connectivity index (χ2v) is 7.47. The first-order valence-corrected chi connectivity index (χ1v) is 9.56. The smallest absolute Gasteiger partial charge is 0.161 e. The average Bonchev–Trinajstić information content (AvgIpc) is 3.16. The Kier molecular flexibility index (Phi) is 6.32. The molecule has 6 heteroatoms. The molecular formula is C21H25N3O2S. The third-order valence-electron chi connectivity index (χ3n) is 4.28. The van der Waals surface area contributed by atoms with Gasteiger partial charge in [-0.05, 0) is 35.4 Å². The Hall–Kier alpha value is -2.57. The predicted molar refractivity (Wildman–Crippen MR) is 112 cm³/mol. The van der Waals surface area contributed by atoms with E-state index in [9.17, 15) is 0 Å². The van der Waals surface area contributed by atoms with Crippen molar-refractivity contribution in [2.24, 2.45) is 0 Å². The van der Waals surface area contributed by atoms with E-state index in [1.165, 1.54) is 16.1 Å². The van der Waals surface area contributed by atoms with Crippen LogP contribution in [0, 0.1) is 0 Å². The number of methoxy groups -OCH3 is 2. The fourth-order valence-electron chi connectivity index (χ4n) is 2.75. The fourth-order valence-corrected chi connectivity index (χ4v) is 3.65. The van der Waals surface area contributed by atoms with Crippen molar-refractivity contribution in [2.45, 2.75) is 13.1 Å². The minimum Gasteiger partial charge on any atom is -0.493 e. The van der Waals surface area contributed by atoms with Gasteiger partial charge in [0.2, 0.25) is 0 Å². The third kappa shape index (κ3) is 4.78. The molecule has 0 unspecified atom stereocenters. The van der Waals surface area contributed by atoms with Crippen molar-refractivity contribution in [3.05, 3.63) is 59.2 Å². The molecule has 0 amide bonds. The van der Waals surface area contributed by atoms with Gasteiger partial charge in [-0.3, -0.25) is 0 Å². The van der Waals surface area contributed by atoms with Crippen LogP contribution in [0.2, 0.25) is 0 Å². The first-order valence-electron chi connectivity index (χ1n) is 8.75. The van der Waals surface area contributed by atoms with Crippen LogP contribution in [0.3, 0.4) is 0 Å². The summed E-state index contributed by atoms with van der Waals surface area (Å²) in [6, 6.07) is 14.5. The Balaban J connectivity index is 1.58. The molecule has 0 aliphatic rings. The van der Waals surface area contributed by atoms with Crippen molar-refractivity contribution >= 4 is 17.0 Å². The lowest BCUT2D eigenvalue weighted by Crippen LogP contribution is -2.12. The van der Waals surface area contributed by atoms with Crippen LogP contribution in [-0.2, 0) is 13.1 Å². The molecule has 2 aromatic carbocycles. The molecular weight excluding hydrogens is 358 g/mol. The van der Waals surface area contributed by atoms with Crippen LogP contribution in [0.5, 0.6) is 11.5 Å². The lowest BCUT2D eigenvalue weighted by Gasteiger charge is -2.12. The van der Waals surface area contributed by atoms with E-state index in [1.807, 2.05) is 38.5 Å². The second kappa shape index (κ2) is 8.88. The molecule has 0 bridgehead atoms. The summed E-state index contributed by atoms with van der Waals surface area (Å²) in [4.78, 5) is 7.82. The van der Waals surface area contributed by atoms with Gasteiger partial charge in [-0.2, -0.15) is 0 Å². The molecule has 1 aromatic heterocycles. The minimum absolute atomic E-state index is 0.731.